The number of carbonyl (C=O) groups is 1. The van der Waals surface area contributed by atoms with E-state index in [1.54, 1.807) is 45.2 Å². The fourth-order valence-electron chi connectivity index (χ4n) is 2.68. The number of rotatable bonds is 10. The Morgan fingerprint density at radius 2 is 1.79 bits per heavy atom. The highest BCUT2D eigenvalue weighted by Crippen LogP contribution is 2.40. The summed E-state index contributed by atoms with van der Waals surface area (Å²) in [6.45, 7) is 2.73. The molecule has 0 radical (unpaired) electrons. The van der Waals surface area contributed by atoms with E-state index in [2.05, 4.69) is 30.4 Å². The minimum absolute atomic E-state index is 0.145. The molecule has 2 rings (SSSR count). The number of hydrogen-bond acceptors (Lipinski definition) is 5. The standard InChI is InChI=1S/C22H27NO4S/c1-16-7-5-6-8-18(16)15-28-14-13-23-20(24)12-10-17-9-11-19(25-2)22(27-4)21(17)26-3/h5-12H,13-15H2,1-4H3,(H,23,24)/b12-10+. The van der Waals surface area contributed by atoms with E-state index < -0.39 is 0 Å². The van der Waals surface area contributed by atoms with Crippen molar-refractivity contribution >= 4 is 23.7 Å². The van der Waals surface area contributed by atoms with Gasteiger partial charge in [-0.3, -0.25) is 4.79 Å². The van der Waals surface area contributed by atoms with Gasteiger partial charge in [-0.1, -0.05) is 24.3 Å². The minimum atomic E-state index is -0.145. The maximum Gasteiger partial charge on any atom is 0.244 e. The Morgan fingerprint density at radius 3 is 2.46 bits per heavy atom. The molecular formula is C22H27NO4S. The van der Waals surface area contributed by atoms with Gasteiger partial charge in [0, 0.05) is 29.7 Å². The van der Waals surface area contributed by atoms with Crippen molar-refractivity contribution in [3.8, 4) is 17.2 Å². The Balaban J connectivity index is 1.84. The van der Waals surface area contributed by atoms with Gasteiger partial charge in [0.25, 0.3) is 0 Å². The number of benzene rings is 2. The van der Waals surface area contributed by atoms with E-state index in [9.17, 15) is 4.79 Å². The molecule has 0 unspecified atom stereocenters. The highest BCUT2D eigenvalue weighted by atomic mass is 32.2. The molecule has 1 N–H and O–H groups in total. The molecule has 28 heavy (non-hydrogen) atoms. The number of methoxy groups -OCH3 is 3. The monoisotopic (exact) mass is 401 g/mol. The molecule has 6 heteroatoms. The average molecular weight is 402 g/mol. The van der Waals surface area contributed by atoms with Crippen molar-refractivity contribution in [2.24, 2.45) is 0 Å². The second kappa shape index (κ2) is 11.3. The van der Waals surface area contributed by atoms with Crippen LogP contribution in [-0.4, -0.2) is 39.5 Å². The molecule has 0 bridgehead atoms. The summed E-state index contributed by atoms with van der Waals surface area (Å²) in [6.07, 6.45) is 3.20. The summed E-state index contributed by atoms with van der Waals surface area (Å²) in [4.78, 5) is 12.1. The fourth-order valence-corrected chi connectivity index (χ4v) is 3.62. The van der Waals surface area contributed by atoms with Crippen LogP contribution in [0.25, 0.3) is 6.08 Å². The lowest BCUT2D eigenvalue weighted by Crippen LogP contribution is -2.23. The number of aryl methyl sites for hydroxylation is 1. The van der Waals surface area contributed by atoms with Crippen molar-refractivity contribution in [1.29, 1.82) is 0 Å². The molecule has 1 amide bonds. The van der Waals surface area contributed by atoms with Crippen LogP contribution < -0.4 is 19.5 Å². The Hall–Kier alpha value is -2.60. The predicted octanol–water partition coefficient (Wildman–Crippen LogP) is 4.08. The van der Waals surface area contributed by atoms with E-state index >= 15 is 0 Å². The van der Waals surface area contributed by atoms with Gasteiger partial charge in [-0.05, 0) is 36.3 Å². The highest BCUT2D eigenvalue weighted by molar-refractivity contribution is 7.98. The zero-order valence-electron chi connectivity index (χ0n) is 16.8. The molecule has 0 saturated heterocycles. The third kappa shape index (κ3) is 5.96. The molecule has 2 aromatic rings. The average Bonchev–Trinajstić information content (AvgIpc) is 2.72. The van der Waals surface area contributed by atoms with Crippen LogP contribution in [0.4, 0.5) is 0 Å². The van der Waals surface area contributed by atoms with Gasteiger partial charge in [-0.25, -0.2) is 0 Å². The van der Waals surface area contributed by atoms with Gasteiger partial charge < -0.3 is 19.5 Å². The summed E-state index contributed by atoms with van der Waals surface area (Å²) in [7, 11) is 4.67. The summed E-state index contributed by atoms with van der Waals surface area (Å²) in [6, 6.07) is 12.0. The van der Waals surface area contributed by atoms with Crippen molar-refractivity contribution < 1.29 is 19.0 Å². The second-order valence-corrected chi connectivity index (χ2v) is 7.13. The van der Waals surface area contributed by atoms with Gasteiger partial charge in [0.05, 0.1) is 21.3 Å². The molecule has 0 fully saturated rings. The van der Waals surface area contributed by atoms with Crippen molar-refractivity contribution in [1.82, 2.24) is 5.32 Å². The van der Waals surface area contributed by atoms with Gasteiger partial charge >= 0.3 is 0 Å². The molecular weight excluding hydrogens is 374 g/mol. The number of hydrogen-bond donors (Lipinski definition) is 1. The summed E-state index contributed by atoms with van der Waals surface area (Å²) < 4.78 is 16.0. The first kappa shape index (κ1) is 21.7. The molecule has 0 heterocycles. The smallest absolute Gasteiger partial charge is 0.244 e. The van der Waals surface area contributed by atoms with Crippen LogP contribution in [0.5, 0.6) is 17.2 Å². The molecule has 0 aromatic heterocycles. The van der Waals surface area contributed by atoms with Crippen LogP contribution in [-0.2, 0) is 10.5 Å². The Labute approximate surface area is 171 Å². The lowest BCUT2D eigenvalue weighted by molar-refractivity contribution is -0.116. The molecule has 2 aromatic carbocycles. The Kier molecular flexibility index (Phi) is 8.75. The number of ether oxygens (including phenoxy) is 3. The maximum absolute atomic E-state index is 12.1. The van der Waals surface area contributed by atoms with E-state index in [0.29, 0.717) is 23.8 Å². The third-order valence-electron chi connectivity index (χ3n) is 4.21. The summed E-state index contributed by atoms with van der Waals surface area (Å²) in [5, 5.41) is 2.90. The first-order chi connectivity index (χ1) is 13.6. The van der Waals surface area contributed by atoms with Gasteiger partial charge in [0.1, 0.15) is 0 Å². The van der Waals surface area contributed by atoms with E-state index in [4.69, 9.17) is 14.2 Å². The van der Waals surface area contributed by atoms with Gasteiger partial charge in [0.2, 0.25) is 11.7 Å². The minimum Gasteiger partial charge on any atom is -0.493 e. The molecule has 0 aliphatic rings. The van der Waals surface area contributed by atoms with E-state index in [0.717, 1.165) is 17.1 Å². The summed E-state index contributed by atoms with van der Waals surface area (Å²) >= 11 is 1.80. The normalized spacial score (nSPS) is 10.7. The van der Waals surface area contributed by atoms with Gasteiger partial charge in [-0.15, -0.1) is 0 Å². The van der Waals surface area contributed by atoms with Gasteiger partial charge in [0.15, 0.2) is 11.5 Å². The molecule has 0 aliphatic carbocycles. The molecule has 150 valence electrons. The first-order valence-electron chi connectivity index (χ1n) is 8.97. The lowest BCUT2D eigenvalue weighted by Gasteiger charge is -2.13. The van der Waals surface area contributed by atoms with Crippen molar-refractivity contribution in [3.05, 3.63) is 59.2 Å². The van der Waals surface area contributed by atoms with Crippen LogP contribution in [0.15, 0.2) is 42.5 Å². The molecule has 0 aliphatic heterocycles. The number of carbonyl (C=O) groups excluding carboxylic acids is 1. The molecule has 0 atom stereocenters. The second-order valence-electron chi connectivity index (χ2n) is 6.03. The SMILES string of the molecule is COc1ccc(/C=C/C(=O)NCCSCc2ccccc2C)c(OC)c1OC. The van der Waals surface area contributed by atoms with E-state index in [1.165, 1.54) is 17.2 Å². The van der Waals surface area contributed by atoms with Gasteiger partial charge in [-0.2, -0.15) is 11.8 Å². The third-order valence-corrected chi connectivity index (χ3v) is 5.22. The van der Waals surface area contributed by atoms with Crippen LogP contribution >= 0.6 is 11.8 Å². The predicted molar refractivity (Wildman–Crippen MR) is 115 cm³/mol. The zero-order valence-corrected chi connectivity index (χ0v) is 17.6. The van der Waals surface area contributed by atoms with Crippen molar-refractivity contribution in [2.45, 2.75) is 12.7 Å². The lowest BCUT2D eigenvalue weighted by atomic mass is 10.1. The Bertz CT molecular complexity index is 820. The van der Waals surface area contributed by atoms with E-state index in [1.807, 2.05) is 12.1 Å². The highest BCUT2D eigenvalue weighted by Gasteiger charge is 2.14. The largest absolute Gasteiger partial charge is 0.493 e. The first-order valence-corrected chi connectivity index (χ1v) is 10.1. The quantitative estimate of drug-likeness (QED) is 0.480. The maximum atomic E-state index is 12.1. The fraction of sp³-hybridized carbons (Fsp3) is 0.318. The van der Waals surface area contributed by atoms with Crippen LogP contribution in [0.3, 0.4) is 0 Å². The summed E-state index contributed by atoms with van der Waals surface area (Å²) in [5.41, 5.74) is 3.37. The topological polar surface area (TPSA) is 56.8 Å². The molecule has 0 spiro atoms. The zero-order chi connectivity index (χ0) is 20.4. The number of nitrogens with one attached hydrogen (secondary N) is 1. The van der Waals surface area contributed by atoms with Crippen LogP contribution in [0.1, 0.15) is 16.7 Å². The van der Waals surface area contributed by atoms with Crippen LogP contribution in [0, 0.1) is 6.92 Å². The Morgan fingerprint density at radius 1 is 1.04 bits per heavy atom. The molecule has 0 saturated carbocycles. The molecule has 5 nitrogen and oxygen atoms in total. The van der Waals surface area contributed by atoms with Crippen molar-refractivity contribution in [2.75, 3.05) is 33.6 Å². The number of thioether (sulfide) groups is 1. The number of amides is 1. The van der Waals surface area contributed by atoms with Crippen molar-refractivity contribution in [3.63, 3.8) is 0 Å². The van der Waals surface area contributed by atoms with E-state index in [-0.39, 0.29) is 5.91 Å². The van der Waals surface area contributed by atoms with Crippen LogP contribution in [0.2, 0.25) is 0 Å². The summed E-state index contributed by atoms with van der Waals surface area (Å²) in [5.74, 6) is 3.26.